The van der Waals surface area contributed by atoms with Crippen molar-refractivity contribution in [1.29, 1.82) is 0 Å². The fourth-order valence-electron chi connectivity index (χ4n) is 18.1. The van der Waals surface area contributed by atoms with E-state index in [9.17, 15) is 79.2 Å². The number of carbonyl (C=O) groups excluding carboxylic acids is 8. The molecule has 12 N–H and O–H groups in total. The number of thiazole rings is 4. The highest BCUT2D eigenvalue weighted by Crippen LogP contribution is 2.39. The molecule has 0 unspecified atom stereocenters. The Labute approximate surface area is 828 Å². The highest BCUT2D eigenvalue weighted by atomic mass is 32.1. The molecule has 136 heavy (non-hydrogen) atoms. The third kappa shape index (κ3) is 37.0. The third-order valence-electron chi connectivity index (χ3n) is 28.6. The van der Waals surface area contributed by atoms with Crippen LogP contribution in [0.5, 0.6) is 0 Å². The van der Waals surface area contributed by atoms with E-state index in [4.69, 9.17) is 0 Å². The molecule has 4 amide bonds. The molecular weight excluding hydrogens is 1790 g/mol. The number of hydrogen-bond acceptors (Lipinski definition) is 24. The van der Waals surface area contributed by atoms with Gasteiger partial charge in [-0.05, 0) is 256 Å². The lowest BCUT2D eigenvalue weighted by Gasteiger charge is -2.34. The van der Waals surface area contributed by atoms with Gasteiger partial charge < -0.3 is 62.1 Å². The molecule has 0 fully saturated rings. The molecule has 4 aliphatic heterocycles. The molecule has 0 aliphatic carbocycles. The van der Waals surface area contributed by atoms with E-state index in [2.05, 4.69) is 93.2 Å². The summed E-state index contributed by atoms with van der Waals surface area (Å²) in [7, 11) is 0. The van der Waals surface area contributed by atoms with E-state index < -0.39 is 94.2 Å². The number of carbonyl (C=O) groups is 8. The molecule has 0 saturated heterocycles. The number of rotatable bonds is 8. The Morgan fingerprint density at radius 3 is 0.750 bits per heavy atom. The monoisotopic (exact) mass is 1960 g/mol. The maximum Gasteiger partial charge on any atom is 0.223 e. The minimum Gasteiger partial charge on any atom is -0.392 e. The first kappa shape index (κ1) is 119. The molecule has 24 nitrogen and oxygen atoms in total. The average molecular weight is 1960 g/mol. The van der Waals surface area contributed by atoms with Gasteiger partial charge in [0.1, 0.15) is 23.1 Å². The predicted molar refractivity (Wildman–Crippen MR) is 554 cm³/mol. The maximum absolute atomic E-state index is 13.2. The van der Waals surface area contributed by atoms with E-state index in [0.717, 1.165) is 142 Å². The largest absolute Gasteiger partial charge is 0.392 e. The molecule has 0 bridgehead atoms. The number of ketones is 4. The van der Waals surface area contributed by atoms with Crippen molar-refractivity contribution >= 4 is 116 Å². The zero-order chi connectivity index (χ0) is 103. The molecule has 8 rings (SSSR count). The van der Waals surface area contributed by atoms with Crippen LogP contribution in [0.15, 0.2) is 90.4 Å². The van der Waals surface area contributed by atoms with Crippen LogP contribution in [0.1, 0.15) is 337 Å². The van der Waals surface area contributed by atoms with Gasteiger partial charge in [-0.2, -0.15) is 0 Å². The minimum absolute atomic E-state index is 0.0312. The number of nitrogens with one attached hydrogen (secondary N) is 4. The van der Waals surface area contributed by atoms with Gasteiger partial charge in [0.15, 0.2) is 0 Å². The molecule has 0 spiro atoms. The van der Waals surface area contributed by atoms with E-state index in [1.807, 2.05) is 129 Å². The second kappa shape index (κ2) is 55.2. The molecule has 4 aromatic rings. The van der Waals surface area contributed by atoms with Gasteiger partial charge in [0.2, 0.25) is 23.6 Å². The SMILES string of the molecule is C/C1=C/CCC[C@H](C)[C@@H](O)[C@H](C)C(=O)C(C)(C)[C@@H](O)CC(=O)N[C@H](/C(C)=C/c2csc(C)n2)C1.C/C1=C/CCC[C@H](C)[C@H](O)[C@@H](C)C(=O)C(C)(C)[C@@H](O)CC(=O)N[C@H](/C(C)=C/c2csc(C)n2)C1.C/C1=C/C[C@@H](/C(C)=C/c2csc(C)n2)NC(=O)C[C@H](O)C(C)(C)C(=O)[C@@H](C)[C@H](O)[C@@H](C)CCC1.C/C1=C/C[C@@H](/C(C)=C/c2csc(C)n2)NC(=O)C[C@H](O)C(C)(C)C(=O)[C@H](C)[C@@H](O)[C@@H](C)CCC1. The summed E-state index contributed by atoms with van der Waals surface area (Å²) in [6.07, 6.45) is 21.3. The normalized spacial score (nSPS) is 32.1. The number of amides is 4. The van der Waals surface area contributed by atoms with Crippen molar-refractivity contribution < 1.29 is 79.2 Å². The van der Waals surface area contributed by atoms with E-state index in [0.29, 0.717) is 25.7 Å². The zero-order valence-corrected chi connectivity index (χ0v) is 90.1. The van der Waals surface area contributed by atoms with Gasteiger partial charge in [-0.1, -0.05) is 157 Å². The summed E-state index contributed by atoms with van der Waals surface area (Å²) in [4.78, 5) is 123. The molecule has 8 heterocycles. The van der Waals surface area contributed by atoms with Gasteiger partial charge in [0, 0.05) is 45.2 Å². The lowest BCUT2D eigenvalue weighted by atomic mass is 9.73. The van der Waals surface area contributed by atoms with Gasteiger partial charge in [0.25, 0.3) is 0 Å². The van der Waals surface area contributed by atoms with Gasteiger partial charge >= 0.3 is 0 Å². The predicted octanol–water partition coefficient (Wildman–Crippen LogP) is 19.4. The van der Waals surface area contributed by atoms with Crippen molar-refractivity contribution in [1.82, 2.24) is 41.2 Å². The summed E-state index contributed by atoms with van der Waals surface area (Å²) in [6, 6.07) is -0.931. The van der Waals surface area contributed by atoms with Crippen LogP contribution in [0.2, 0.25) is 0 Å². The quantitative estimate of drug-likeness (QED) is 0.0729. The Balaban J connectivity index is 0.000000320. The first-order chi connectivity index (χ1) is 63.3. The molecule has 20 atom stereocenters. The topological polar surface area (TPSA) is 398 Å². The number of aliphatic hydroxyl groups is 8. The van der Waals surface area contributed by atoms with Crippen LogP contribution in [-0.4, -0.2) is 181 Å². The summed E-state index contributed by atoms with van der Waals surface area (Å²) < 4.78 is 0. The van der Waals surface area contributed by atoms with Crippen LogP contribution in [0.3, 0.4) is 0 Å². The number of nitrogens with zero attached hydrogens (tertiary/aromatic N) is 4. The Hall–Kier alpha value is -7.32. The van der Waals surface area contributed by atoms with E-state index in [1.165, 1.54) is 22.3 Å². The van der Waals surface area contributed by atoms with Crippen molar-refractivity contribution in [3.63, 3.8) is 0 Å². The molecule has 0 saturated carbocycles. The van der Waals surface area contributed by atoms with Crippen LogP contribution < -0.4 is 21.3 Å². The minimum atomic E-state index is -1.15. The van der Waals surface area contributed by atoms with Crippen molar-refractivity contribution in [2.75, 3.05) is 0 Å². The molecule has 0 aromatic carbocycles. The first-order valence-electron chi connectivity index (χ1n) is 49.1. The molecule has 760 valence electrons. The molecular formula is C108H168N8O16S4. The van der Waals surface area contributed by atoms with Crippen LogP contribution in [0.4, 0.5) is 0 Å². The van der Waals surface area contributed by atoms with E-state index in [-0.39, 0.29) is 120 Å². The van der Waals surface area contributed by atoms with Gasteiger partial charge in [0.05, 0.1) is 163 Å². The van der Waals surface area contributed by atoms with Crippen LogP contribution in [-0.2, 0) is 38.4 Å². The second-order valence-electron chi connectivity index (χ2n) is 42.2. The Bertz CT molecular complexity index is 4560. The van der Waals surface area contributed by atoms with E-state index in [1.54, 1.807) is 128 Å². The molecule has 4 aromatic heterocycles. The lowest BCUT2D eigenvalue weighted by molar-refractivity contribution is -0.144. The fraction of sp³-hybridized carbons (Fsp3) is 0.667. The zero-order valence-electron chi connectivity index (χ0n) is 86.9. The average Bonchev–Trinajstić information content (AvgIpc) is 0.928. The van der Waals surface area contributed by atoms with E-state index >= 15 is 0 Å². The van der Waals surface area contributed by atoms with Gasteiger partial charge in [-0.3, -0.25) is 38.4 Å². The van der Waals surface area contributed by atoms with Crippen molar-refractivity contribution in [3.05, 3.63) is 133 Å². The summed E-state index contributed by atoms with van der Waals surface area (Å²) in [5, 5.41) is 111. The number of aryl methyl sites for hydroxylation is 4. The van der Waals surface area contributed by atoms with Crippen LogP contribution in [0, 0.1) is 96.7 Å². The maximum atomic E-state index is 13.2. The summed E-state index contributed by atoms with van der Waals surface area (Å²) in [6.45, 7) is 52.1. The summed E-state index contributed by atoms with van der Waals surface area (Å²) in [5.74, 6) is -4.70. The first-order valence-corrected chi connectivity index (χ1v) is 52.6. The number of Topliss-reactive ketones (excluding diaryl/α,β-unsaturated/α-hetero) is 4. The Morgan fingerprint density at radius 2 is 0.529 bits per heavy atom. The van der Waals surface area contributed by atoms with Crippen LogP contribution in [0.25, 0.3) is 24.3 Å². The number of aliphatic hydroxyl groups excluding tert-OH is 8. The van der Waals surface area contributed by atoms with Gasteiger partial charge in [-0.15, -0.1) is 45.3 Å². The lowest BCUT2D eigenvalue weighted by Crippen LogP contribution is -2.47. The molecule has 4 aliphatic rings. The summed E-state index contributed by atoms with van der Waals surface area (Å²) >= 11 is 6.34. The van der Waals surface area contributed by atoms with Crippen molar-refractivity contribution in [2.24, 2.45) is 69.0 Å². The molecule has 0 radical (unpaired) electrons. The van der Waals surface area contributed by atoms with Crippen molar-refractivity contribution in [2.45, 2.75) is 395 Å². The standard InChI is InChI=1S/4C27H42N2O4S/c2*1-16-9-8-10-17(2)25(32)19(4)26(33)27(6,7)23(30)14-24(31)29-22(12-11-16)18(3)13-21-15-34-20(5)28-21;2*1-16-10-8-9-11-17(2)25(32)19(4)26(33)27(6,7)23(30)14-24(31)29-22(12-16)18(3)13-21-15-34-20(5)28-21/h2*11,13,15,17,19,22-23,25,30,32H,8-10,12,14H2,1-7H3,(H,29,31);2*10,13,15,17,19,22-23,25,30,32H,8-9,11-12,14H2,1-7H3,(H,29,31)/b2*16-11-,18-13+;2*16-10-,18-13+/t17-,19+,22-,23-,25-;17-,19-,22-,23-,25+;17-,19+,22-,23-,25-;17-,19-,22-,23-,25+/m0000/s1. The highest BCUT2D eigenvalue weighted by molar-refractivity contribution is 7.10. The smallest absolute Gasteiger partial charge is 0.223 e. The highest BCUT2D eigenvalue weighted by Gasteiger charge is 2.47. The molecule has 28 heteroatoms. The third-order valence-corrected chi connectivity index (χ3v) is 31.8. The van der Waals surface area contributed by atoms with Crippen molar-refractivity contribution in [3.8, 4) is 0 Å². The number of allylic oxidation sites excluding steroid dienone is 4. The fourth-order valence-corrected chi connectivity index (χ4v) is 20.4. The Kier molecular flexibility index (Phi) is 48.4. The van der Waals surface area contributed by atoms with Crippen LogP contribution >= 0.6 is 45.3 Å². The summed E-state index contributed by atoms with van der Waals surface area (Å²) in [5.41, 5.74) is 7.65. The number of hydrogen-bond donors (Lipinski definition) is 12. The number of aromatic nitrogens is 4. The second-order valence-corrected chi connectivity index (χ2v) is 46.4. The van der Waals surface area contributed by atoms with Gasteiger partial charge in [-0.25, -0.2) is 19.9 Å². The Morgan fingerprint density at radius 1 is 0.316 bits per heavy atom.